The molecule has 0 radical (unpaired) electrons. The van der Waals surface area contributed by atoms with Crippen LogP contribution in [0.2, 0.25) is 13.1 Å². The van der Waals surface area contributed by atoms with Crippen LogP contribution in [0.3, 0.4) is 0 Å². The second-order valence-corrected chi connectivity index (χ2v) is 28.4. The fourth-order valence-corrected chi connectivity index (χ4v) is 15.5. The van der Waals surface area contributed by atoms with Crippen LogP contribution in [-0.4, -0.2) is 110 Å². The van der Waals surface area contributed by atoms with Crippen LogP contribution < -0.4 is 32.1 Å². The lowest BCUT2D eigenvalue weighted by molar-refractivity contribution is -0.138. The van der Waals surface area contributed by atoms with Gasteiger partial charge in [-0.25, -0.2) is 0 Å². The number of allylic oxidation sites excluding steroid dienone is 5. The number of hydrogen-bond acceptors (Lipinski definition) is 10. The maximum Gasteiger partial charge on any atom is 0.488 e. The van der Waals surface area contributed by atoms with Crippen LogP contribution in [0.15, 0.2) is 174 Å². The number of nitrogens with zero attached hydrogens (tertiary/aromatic N) is 3. The first-order chi connectivity index (χ1) is 43.1. The van der Waals surface area contributed by atoms with Crippen LogP contribution in [0.5, 0.6) is 0 Å². The Morgan fingerprint density at radius 3 is 1.62 bits per heavy atom. The molecule has 12 nitrogen and oxygen atoms in total. The summed E-state index contributed by atoms with van der Waals surface area (Å²) >= 11 is 0. The quantitative estimate of drug-likeness (QED) is 0.0108. The van der Waals surface area contributed by atoms with Gasteiger partial charge in [-0.2, -0.15) is 26.3 Å². The first-order valence-electron chi connectivity index (χ1n) is 30.1. The number of fused-ring (bicyclic) bond motifs is 4. The minimum absolute atomic E-state index is 0.0165. The number of rotatable bonds is 23. The number of carbonyl (C=O) groups excluding carboxylic acids is 2. The number of amides is 2. The van der Waals surface area contributed by atoms with Crippen molar-refractivity contribution in [1.82, 2.24) is 20.4 Å². The molecule has 1 heterocycles. The van der Waals surface area contributed by atoms with E-state index < -0.39 is 45.8 Å². The summed E-state index contributed by atoms with van der Waals surface area (Å²) in [5.41, 5.74) is 8.82. The zero-order chi connectivity index (χ0) is 65.9. The molecule has 472 valence electrons. The highest BCUT2D eigenvalue weighted by Crippen LogP contribution is 2.45. The molecule has 7 N–H and O–H groups in total. The summed E-state index contributed by atoms with van der Waals surface area (Å²) in [6.45, 7) is 18.0. The van der Waals surface area contributed by atoms with Gasteiger partial charge in [0.2, 0.25) is 11.8 Å². The molecule has 21 heteroatoms. The molecule has 91 heavy (non-hydrogen) atoms. The smallest absolute Gasteiger partial charge is 0.423 e. The van der Waals surface area contributed by atoms with Gasteiger partial charge in [-0.05, 0) is 186 Å². The standard InChI is InChI=1S/C70H74B2F6N6O6Si/c1-42(2)67(85)81-28-12-30-83(38-47-32-49(69(73,74)75)19-26-62(47)71(87)88)40-60-53-14-10-11-15-54(53)61(41-84(31-13-29-82-68(86)43(3)4)39-48-33-50(70(76,77)78)20-27-63(48)72(89)90)59-35-46(18-23-55(59)60)45-17-16-44(5)58(34-45)66-56-24-21-51(79-6)36-64(56)91(8,9)65-37-52(80-7)22-25-57(65)66/h10-11,14-27,32-37,79,87-90H,1,3,12-13,28-31,38-41H2,2,4-9H3,(H,81,85)(H,82,86). The van der Waals surface area contributed by atoms with Gasteiger partial charge in [0.05, 0.1) is 16.8 Å². The Morgan fingerprint density at radius 2 is 1.12 bits per heavy atom. The van der Waals surface area contributed by atoms with Crippen molar-refractivity contribution in [3.8, 4) is 11.1 Å². The number of alkyl halides is 6. The Labute approximate surface area is 528 Å². The van der Waals surface area contributed by atoms with Crippen LogP contribution in [0.25, 0.3) is 38.2 Å². The van der Waals surface area contributed by atoms with E-state index in [-0.39, 0.29) is 97.4 Å². The second-order valence-electron chi connectivity index (χ2n) is 24.0. The van der Waals surface area contributed by atoms with Gasteiger partial charge in [-0.1, -0.05) is 111 Å². The average molecular weight is 1260 g/mol. The molecule has 0 atom stereocenters. The zero-order valence-corrected chi connectivity index (χ0v) is 53.1. The van der Waals surface area contributed by atoms with E-state index in [4.69, 9.17) is 0 Å². The van der Waals surface area contributed by atoms with E-state index in [2.05, 4.69) is 109 Å². The van der Waals surface area contributed by atoms with Gasteiger partial charge >= 0.3 is 26.6 Å². The Morgan fingerprint density at radius 1 is 0.615 bits per heavy atom. The van der Waals surface area contributed by atoms with E-state index in [1.165, 1.54) is 10.4 Å². The molecule has 0 aromatic heterocycles. The Balaban J connectivity index is 1.27. The molecule has 0 fully saturated rings. The van der Waals surface area contributed by atoms with Crippen molar-refractivity contribution in [2.24, 2.45) is 4.99 Å². The third-order valence-corrected chi connectivity index (χ3v) is 20.8. The maximum atomic E-state index is 14.5. The highest BCUT2D eigenvalue weighted by molar-refractivity contribution is 6.98. The van der Waals surface area contributed by atoms with Crippen molar-refractivity contribution in [2.75, 3.05) is 45.6 Å². The largest absolute Gasteiger partial charge is 0.488 e. The fraction of sp³-hybridized carbons (Fsp3) is 0.271. The highest BCUT2D eigenvalue weighted by Gasteiger charge is 2.40. The number of carbonyl (C=O) groups is 2. The molecular weight excluding hydrogens is 1180 g/mol. The van der Waals surface area contributed by atoms with Crippen LogP contribution in [0, 0.1) is 6.92 Å². The van der Waals surface area contributed by atoms with Crippen molar-refractivity contribution in [3.05, 3.63) is 219 Å². The van der Waals surface area contributed by atoms with Crippen molar-refractivity contribution >= 4 is 88.8 Å². The second kappa shape index (κ2) is 27.8. The number of benzene rings is 7. The molecule has 1 aliphatic heterocycles. The van der Waals surface area contributed by atoms with E-state index in [0.717, 1.165) is 119 Å². The molecule has 2 amide bonds. The minimum Gasteiger partial charge on any atom is -0.423 e. The lowest BCUT2D eigenvalue weighted by Crippen LogP contribution is -2.49. The molecule has 7 aromatic carbocycles. The predicted molar refractivity (Wildman–Crippen MR) is 357 cm³/mol. The summed E-state index contributed by atoms with van der Waals surface area (Å²) < 4.78 is 86.9. The normalized spacial score (nSPS) is 14.2. The number of halogens is 6. The Bertz CT molecular complexity index is 4140. The van der Waals surface area contributed by atoms with E-state index in [1.807, 2.05) is 59.3 Å². The molecule has 1 aliphatic carbocycles. The van der Waals surface area contributed by atoms with E-state index in [9.17, 15) is 56.0 Å². The molecule has 0 spiro atoms. The summed E-state index contributed by atoms with van der Waals surface area (Å²) in [4.78, 5) is 33.8. The van der Waals surface area contributed by atoms with Crippen molar-refractivity contribution < 1.29 is 56.0 Å². The van der Waals surface area contributed by atoms with Crippen LogP contribution in [-0.2, 0) is 48.1 Å². The summed E-state index contributed by atoms with van der Waals surface area (Å²) in [5, 5.41) is 56.9. The molecule has 0 saturated heterocycles. The Kier molecular flexibility index (Phi) is 20.5. The van der Waals surface area contributed by atoms with Crippen molar-refractivity contribution in [1.29, 1.82) is 0 Å². The fourth-order valence-electron chi connectivity index (χ4n) is 12.4. The molecule has 7 aromatic rings. The van der Waals surface area contributed by atoms with Gasteiger partial charge in [0, 0.05) is 83.3 Å². The lowest BCUT2D eigenvalue weighted by Gasteiger charge is -2.38. The molecule has 9 rings (SSSR count). The van der Waals surface area contributed by atoms with Crippen LogP contribution in [0.1, 0.15) is 76.8 Å². The van der Waals surface area contributed by atoms with Gasteiger partial charge in [-0.15, -0.1) is 0 Å². The molecule has 0 saturated carbocycles. The maximum absolute atomic E-state index is 14.5. The SMILES string of the molecule is C=C(C)C(=O)NCCCN(Cc1cc(C(F)(F)F)ccc1B(O)O)Cc1c2ccccc2c(CN(CCCNC(=O)C(=C)C)Cc2cc(C(F)(F)F)ccc2B(O)O)c2cc(-c3ccc(C)c(C4=C5C=CC(=NC)C=C5[Si](C)(C)c5cc(NC)ccc54)c3)ccc12. The summed E-state index contributed by atoms with van der Waals surface area (Å²) in [6.07, 6.45) is -2.46. The monoisotopic (exact) mass is 1260 g/mol. The summed E-state index contributed by atoms with van der Waals surface area (Å²) in [6, 6.07) is 32.1. The number of anilines is 1. The average Bonchev–Trinajstić information content (AvgIpc) is 0.738. The summed E-state index contributed by atoms with van der Waals surface area (Å²) in [5.74, 6) is -0.744. The predicted octanol–water partition coefficient (Wildman–Crippen LogP) is 10.4. The van der Waals surface area contributed by atoms with E-state index in [0.29, 0.717) is 12.8 Å². The van der Waals surface area contributed by atoms with Gasteiger partial charge in [0.15, 0.2) is 0 Å². The Hall–Kier alpha value is -8.14. The van der Waals surface area contributed by atoms with Crippen LogP contribution >= 0.6 is 0 Å². The number of hydrogen-bond donors (Lipinski definition) is 7. The van der Waals surface area contributed by atoms with E-state index >= 15 is 0 Å². The lowest BCUT2D eigenvalue weighted by atomic mass is 9.76. The first kappa shape index (κ1) is 67.3. The van der Waals surface area contributed by atoms with Crippen molar-refractivity contribution in [2.45, 2.75) is 85.2 Å². The van der Waals surface area contributed by atoms with E-state index in [1.54, 1.807) is 20.9 Å². The van der Waals surface area contributed by atoms with Crippen molar-refractivity contribution in [3.63, 3.8) is 0 Å². The van der Waals surface area contributed by atoms with Gasteiger partial charge in [-0.3, -0.25) is 24.4 Å². The summed E-state index contributed by atoms with van der Waals surface area (Å²) in [7, 11) is -2.86. The van der Waals surface area contributed by atoms with Gasteiger partial charge < -0.3 is 36.0 Å². The number of aliphatic imine (C=N–C) groups is 1. The minimum atomic E-state index is -4.77. The number of nitrogens with one attached hydrogen (secondary N) is 3. The van der Waals surface area contributed by atoms with Crippen LogP contribution in [0.4, 0.5) is 32.0 Å². The zero-order valence-electron chi connectivity index (χ0n) is 52.1. The molecule has 2 aliphatic rings. The number of aryl methyl sites for hydroxylation is 1. The molecular formula is C70H74B2F6N6O6Si. The third-order valence-electron chi connectivity index (χ3n) is 17.2. The third kappa shape index (κ3) is 15.0. The topological polar surface area (TPSA) is 170 Å². The molecule has 0 unspecified atom stereocenters. The first-order valence-corrected chi connectivity index (χ1v) is 33.1. The molecule has 0 bridgehead atoms. The van der Waals surface area contributed by atoms with Gasteiger partial charge in [0.1, 0.15) is 8.07 Å². The van der Waals surface area contributed by atoms with Gasteiger partial charge in [0.25, 0.3) is 0 Å². The highest BCUT2D eigenvalue weighted by atomic mass is 28.3.